The second-order valence-electron chi connectivity index (χ2n) is 4.91. The smallest absolute Gasteiger partial charge is 0.178 e. The topological polar surface area (TPSA) is 47.9 Å². The second kappa shape index (κ2) is 5.34. The largest absolute Gasteiger partial charge is 0.493 e. The molecule has 0 bridgehead atoms. The first-order chi connectivity index (χ1) is 9.36. The summed E-state index contributed by atoms with van der Waals surface area (Å²) in [5, 5.41) is 0. The lowest BCUT2D eigenvalue weighted by atomic mass is 10.1. The highest BCUT2D eigenvalue weighted by atomic mass is 16.5. The van der Waals surface area contributed by atoms with Crippen molar-refractivity contribution >= 4 is 0 Å². The van der Waals surface area contributed by atoms with Crippen LogP contribution in [0.15, 0.2) is 30.6 Å². The first-order valence-electron chi connectivity index (χ1n) is 6.68. The quantitative estimate of drug-likeness (QED) is 0.824. The van der Waals surface area contributed by atoms with Gasteiger partial charge in [0.25, 0.3) is 0 Å². The molecule has 0 unspecified atom stereocenters. The first kappa shape index (κ1) is 12.1. The number of hydrogen-bond acceptors (Lipinski definition) is 4. The van der Waals surface area contributed by atoms with Crippen molar-refractivity contribution < 1.29 is 4.74 Å². The van der Waals surface area contributed by atoms with Crippen molar-refractivity contribution in [1.82, 2.24) is 15.0 Å². The van der Waals surface area contributed by atoms with Crippen LogP contribution in [0.2, 0.25) is 0 Å². The summed E-state index contributed by atoms with van der Waals surface area (Å²) in [6.07, 6.45) is 8.37. The predicted octanol–water partition coefficient (Wildman–Crippen LogP) is 2.89. The zero-order chi connectivity index (χ0) is 13.1. The van der Waals surface area contributed by atoms with Gasteiger partial charge < -0.3 is 4.74 Å². The number of methoxy groups -OCH3 is 1. The highest BCUT2D eigenvalue weighted by Gasteiger charge is 2.22. The zero-order valence-corrected chi connectivity index (χ0v) is 11.0. The molecule has 0 aromatic carbocycles. The molecule has 1 aliphatic carbocycles. The molecule has 0 saturated heterocycles. The molecule has 0 N–H and O–H groups in total. The molecule has 98 valence electrons. The van der Waals surface area contributed by atoms with Crippen molar-refractivity contribution in [2.75, 3.05) is 7.11 Å². The molecule has 2 heterocycles. The van der Waals surface area contributed by atoms with E-state index in [4.69, 9.17) is 4.74 Å². The van der Waals surface area contributed by atoms with Crippen molar-refractivity contribution in [3.8, 4) is 17.3 Å². The summed E-state index contributed by atoms with van der Waals surface area (Å²) < 4.78 is 5.34. The molecule has 2 aromatic rings. The fraction of sp³-hybridized carbons (Fsp3) is 0.400. The SMILES string of the molecule is COc1cnc(-c2ccccn2)nc1CCC1CC1. The van der Waals surface area contributed by atoms with Gasteiger partial charge in [-0.1, -0.05) is 18.9 Å². The van der Waals surface area contributed by atoms with E-state index in [-0.39, 0.29) is 0 Å². The molecule has 0 spiro atoms. The molecular formula is C15H17N3O. The third-order valence-corrected chi connectivity index (χ3v) is 3.43. The number of rotatable bonds is 5. The predicted molar refractivity (Wildman–Crippen MR) is 72.9 cm³/mol. The third kappa shape index (κ3) is 2.89. The monoisotopic (exact) mass is 255 g/mol. The number of hydrogen-bond donors (Lipinski definition) is 0. The number of ether oxygens (including phenoxy) is 1. The first-order valence-corrected chi connectivity index (χ1v) is 6.68. The highest BCUT2D eigenvalue weighted by molar-refractivity contribution is 5.49. The standard InChI is InChI=1S/C15H17N3O/c1-19-14-10-17-15(13-4-2-3-9-16-13)18-12(14)8-7-11-5-6-11/h2-4,9-11H,5-8H2,1H3. The van der Waals surface area contributed by atoms with Gasteiger partial charge in [0.15, 0.2) is 11.6 Å². The van der Waals surface area contributed by atoms with E-state index in [2.05, 4.69) is 15.0 Å². The summed E-state index contributed by atoms with van der Waals surface area (Å²) in [5.74, 6) is 2.34. The van der Waals surface area contributed by atoms with Gasteiger partial charge in [0.05, 0.1) is 19.0 Å². The molecule has 2 aromatic heterocycles. The van der Waals surface area contributed by atoms with Gasteiger partial charge in [-0.3, -0.25) is 4.98 Å². The van der Waals surface area contributed by atoms with Gasteiger partial charge in [-0.15, -0.1) is 0 Å². The fourth-order valence-electron chi connectivity index (χ4n) is 2.12. The Morgan fingerprint density at radius 3 is 2.84 bits per heavy atom. The van der Waals surface area contributed by atoms with Gasteiger partial charge in [0.2, 0.25) is 0 Å². The molecule has 0 aliphatic heterocycles. The molecule has 4 nitrogen and oxygen atoms in total. The normalized spacial score (nSPS) is 14.4. The maximum Gasteiger partial charge on any atom is 0.178 e. The molecule has 0 amide bonds. The summed E-state index contributed by atoms with van der Waals surface area (Å²) in [7, 11) is 1.67. The minimum atomic E-state index is 0.673. The van der Waals surface area contributed by atoms with Gasteiger partial charge in [-0.05, 0) is 30.9 Å². The van der Waals surface area contributed by atoms with Gasteiger partial charge in [0, 0.05) is 6.20 Å². The van der Waals surface area contributed by atoms with Crippen LogP contribution in [0.4, 0.5) is 0 Å². The maximum atomic E-state index is 5.34. The van der Waals surface area contributed by atoms with Crippen LogP contribution in [-0.4, -0.2) is 22.1 Å². The second-order valence-corrected chi connectivity index (χ2v) is 4.91. The van der Waals surface area contributed by atoms with Crippen molar-refractivity contribution in [1.29, 1.82) is 0 Å². The van der Waals surface area contributed by atoms with Crippen LogP contribution in [0, 0.1) is 5.92 Å². The Morgan fingerprint density at radius 2 is 2.16 bits per heavy atom. The van der Waals surface area contributed by atoms with Crippen LogP contribution in [-0.2, 0) is 6.42 Å². The maximum absolute atomic E-state index is 5.34. The number of pyridine rings is 1. The fourth-order valence-corrected chi connectivity index (χ4v) is 2.12. The van der Waals surface area contributed by atoms with Gasteiger partial charge >= 0.3 is 0 Å². The van der Waals surface area contributed by atoms with Gasteiger partial charge in [-0.25, -0.2) is 9.97 Å². The average molecular weight is 255 g/mol. The molecule has 0 atom stereocenters. The molecule has 1 fully saturated rings. The molecule has 1 aliphatic rings. The Hall–Kier alpha value is -1.97. The Balaban J connectivity index is 1.87. The van der Waals surface area contributed by atoms with Gasteiger partial charge in [-0.2, -0.15) is 0 Å². The van der Waals surface area contributed by atoms with E-state index in [1.165, 1.54) is 19.3 Å². The van der Waals surface area contributed by atoms with E-state index in [1.54, 1.807) is 19.5 Å². The number of aromatic nitrogens is 3. The van der Waals surface area contributed by atoms with E-state index in [0.29, 0.717) is 5.82 Å². The Morgan fingerprint density at radius 1 is 1.26 bits per heavy atom. The summed E-state index contributed by atoms with van der Waals surface area (Å²) in [5.41, 5.74) is 1.79. The van der Waals surface area contributed by atoms with Gasteiger partial charge in [0.1, 0.15) is 5.69 Å². The molecule has 19 heavy (non-hydrogen) atoms. The van der Waals surface area contributed by atoms with Crippen molar-refractivity contribution in [3.05, 3.63) is 36.3 Å². The number of nitrogens with zero attached hydrogens (tertiary/aromatic N) is 3. The molecule has 3 rings (SSSR count). The van der Waals surface area contributed by atoms with E-state index in [9.17, 15) is 0 Å². The van der Waals surface area contributed by atoms with Crippen LogP contribution < -0.4 is 4.74 Å². The van der Waals surface area contributed by atoms with Crippen LogP contribution in [0.5, 0.6) is 5.75 Å². The van der Waals surface area contributed by atoms with E-state index < -0.39 is 0 Å². The lowest BCUT2D eigenvalue weighted by Crippen LogP contribution is -2.01. The number of aryl methyl sites for hydroxylation is 1. The van der Waals surface area contributed by atoms with E-state index >= 15 is 0 Å². The highest BCUT2D eigenvalue weighted by Crippen LogP contribution is 2.34. The lowest BCUT2D eigenvalue weighted by molar-refractivity contribution is 0.403. The average Bonchev–Trinajstić information content (AvgIpc) is 3.30. The van der Waals surface area contributed by atoms with Crippen LogP contribution >= 0.6 is 0 Å². The summed E-state index contributed by atoms with van der Waals surface area (Å²) in [6, 6.07) is 5.76. The summed E-state index contributed by atoms with van der Waals surface area (Å²) in [4.78, 5) is 13.2. The molecule has 0 radical (unpaired) electrons. The molecular weight excluding hydrogens is 238 g/mol. The Kier molecular flexibility index (Phi) is 3.40. The third-order valence-electron chi connectivity index (χ3n) is 3.43. The van der Waals surface area contributed by atoms with Crippen LogP contribution in [0.25, 0.3) is 11.5 Å². The van der Waals surface area contributed by atoms with Crippen LogP contribution in [0.1, 0.15) is 25.0 Å². The molecule has 4 heteroatoms. The Bertz CT molecular complexity index is 553. The van der Waals surface area contributed by atoms with Crippen molar-refractivity contribution in [3.63, 3.8) is 0 Å². The molecule has 1 saturated carbocycles. The van der Waals surface area contributed by atoms with Crippen molar-refractivity contribution in [2.24, 2.45) is 5.92 Å². The lowest BCUT2D eigenvalue weighted by Gasteiger charge is -2.08. The van der Waals surface area contributed by atoms with Crippen molar-refractivity contribution in [2.45, 2.75) is 25.7 Å². The minimum absolute atomic E-state index is 0.673. The summed E-state index contributed by atoms with van der Waals surface area (Å²) in [6.45, 7) is 0. The summed E-state index contributed by atoms with van der Waals surface area (Å²) >= 11 is 0. The zero-order valence-electron chi connectivity index (χ0n) is 11.0. The van der Waals surface area contributed by atoms with E-state index in [1.807, 2.05) is 18.2 Å². The van der Waals surface area contributed by atoms with Crippen LogP contribution in [0.3, 0.4) is 0 Å². The van der Waals surface area contributed by atoms with E-state index in [0.717, 1.165) is 29.5 Å². The minimum Gasteiger partial charge on any atom is -0.493 e. The Labute approximate surface area is 112 Å².